The summed E-state index contributed by atoms with van der Waals surface area (Å²) in [6, 6.07) is 6.25. The first kappa shape index (κ1) is 27.7. The van der Waals surface area contributed by atoms with Crippen LogP contribution in [-0.4, -0.2) is 92.8 Å². The van der Waals surface area contributed by atoms with Gasteiger partial charge in [0.25, 0.3) is 0 Å². The summed E-state index contributed by atoms with van der Waals surface area (Å²) in [5, 5.41) is 0. The zero-order valence-corrected chi connectivity index (χ0v) is 21.5. The van der Waals surface area contributed by atoms with Gasteiger partial charge in [0.05, 0.1) is 5.75 Å². The fourth-order valence-electron chi connectivity index (χ4n) is 4.68. The number of hydrogen-bond donors (Lipinski definition) is 0. The van der Waals surface area contributed by atoms with E-state index in [1.165, 1.54) is 27.8 Å². The number of carbonyl (C=O) groups excluding carboxylic acids is 1. The Balaban J connectivity index is 1.49. The molecule has 1 amide bonds. The minimum absolute atomic E-state index is 0.237. The minimum Gasteiger partial charge on any atom is -0.437 e. The Hall–Kier alpha value is -1.85. The molecule has 1 unspecified atom stereocenters. The lowest BCUT2D eigenvalue weighted by Crippen LogP contribution is -2.49. The molecule has 2 aliphatic rings. The molecule has 0 aromatic heterocycles. The number of amides is 1. The van der Waals surface area contributed by atoms with Crippen LogP contribution >= 0.6 is 0 Å². The molecule has 2 fully saturated rings. The zero-order valence-electron chi connectivity index (χ0n) is 20.7. The fourth-order valence-corrected chi connectivity index (χ4v) is 5.87. The molecule has 0 N–H and O–H groups in total. The molecule has 1 atom stereocenters. The summed E-state index contributed by atoms with van der Waals surface area (Å²) >= 11 is 0. The average Bonchev–Trinajstić information content (AvgIpc) is 2.76. The molecule has 0 aliphatic carbocycles. The van der Waals surface area contributed by atoms with Crippen LogP contribution in [0.2, 0.25) is 0 Å². The lowest BCUT2D eigenvalue weighted by atomic mass is 9.97. The number of nitrogens with zero attached hydrogens (tertiary/aromatic N) is 3. The molecule has 2 heterocycles. The topological polar surface area (TPSA) is 70.2 Å². The van der Waals surface area contributed by atoms with Crippen molar-refractivity contribution in [3.8, 4) is 0 Å². The van der Waals surface area contributed by atoms with Crippen LogP contribution in [0.3, 0.4) is 0 Å². The molecule has 1 aromatic carbocycles. The molecule has 3 rings (SSSR count). The number of halogens is 3. The van der Waals surface area contributed by atoms with Crippen molar-refractivity contribution in [1.82, 2.24) is 14.7 Å². The summed E-state index contributed by atoms with van der Waals surface area (Å²) in [7, 11) is -2.94. The molecule has 2 saturated heterocycles. The maximum Gasteiger partial charge on any atom is 0.425 e. The van der Waals surface area contributed by atoms with E-state index in [2.05, 4.69) is 33.6 Å². The molecule has 0 radical (unpaired) electrons. The Morgan fingerprint density at radius 2 is 1.54 bits per heavy atom. The number of carbonyl (C=O) groups is 1. The number of alkyl halides is 3. The van der Waals surface area contributed by atoms with Gasteiger partial charge in [-0.05, 0) is 62.4 Å². The van der Waals surface area contributed by atoms with Crippen molar-refractivity contribution >= 4 is 15.9 Å². The molecule has 11 heteroatoms. The van der Waals surface area contributed by atoms with Crippen molar-refractivity contribution in [2.45, 2.75) is 52.1 Å². The lowest BCUT2D eigenvalue weighted by molar-refractivity contribution is -0.200. The standard InChI is InChI=1S/C24H36F3N3O4S/c1-18-21(15-28-9-7-20(8-10-28)17-35(3,32)33)5-4-6-22(18)16-29-11-13-30(14-12-29)23(31)34-19(2)24(25,26)27/h4-6,19-20H,7-17H2,1-3H3. The second-order valence-electron chi connectivity index (χ2n) is 9.84. The van der Waals surface area contributed by atoms with Gasteiger partial charge in [-0.1, -0.05) is 18.2 Å². The number of ether oxygens (including phenoxy) is 1. The zero-order chi connectivity index (χ0) is 25.8. The first-order valence-corrected chi connectivity index (χ1v) is 14.1. The molecule has 2 aliphatic heterocycles. The van der Waals surface area contributed by atoms with Crippen LogP contribution < -0.4 is 0 Å². The van der Waals surface area contributed by atoms with Gasteiger partial charge in [-0.2, -0.15) is 13.2 Å². The molecule has 35 heavy (non-hydrogen) atoms. The third-order valence-electron chi connectivity index (χ3n) is 6.96. The van der Waals surface area contributed by atoms with E-state index in [0.717, 1.165) is 39.4 Å². The van der Waals surface area contributed by atoms with Gasteiger partial charge in [0.2, 0.25) is 0 Å². The van der Waals surface area contributed by atoms with Crippen LogP contribution in [0.1, 0.15) is 36.5 Å². The lowest BCUT2D eigenvalue weighted by Gasteiger charge is -2.35. The number of piperidine rings is 1. The Kier molecular flexibility index (Phi) is 9.09. The SMILES string of the molecule is Cc1c(CN2CCC(CS(C)(=O)=O)CC2)cccc1CN1CCN(C(=O)OC(C)C(F)(F)F)CC1. The van der Waals surface area contributed by atoms with Crippen molar-refractivity contribution in [3.05, 3.63) is 34.9 Å². The third kappa shape index (κ3) is 8.35. The summed E-state index contributed by atoms with van der Waals surface area (Å²) in [5.41, 5.74) is 3.65. The van der Waals surface area contributed by atoms with Gasteiger partial charge < -0.3 is 9.64 Å². The Bertz CT molecular complexity index is 971. The fraction of sp³-hybridized carbons (Fsp3) is 0.708. The highest BCUT2D eigenvalue weighted by atomic mass is 32.2. The quantitative estimate of drug-likeness (QED) is 0.550. The molecular formula is C24H36F3N3O4S. The first-order valence-electron chi connectivity index (χ1n) is 12.0. The molecule has 0 bridgehead atoms. The van der Waals surface area contributed by atoms with Gasteiger partial charge in [0.1, 0.15) is 9.84 Å². The number of rotatable bonds is 7. The van der Waals surface area contributed by atoms with Gasteiger partial charge in [0, 0.05) is 45.5 Å². The highest BCUT2D eigenvalue weighted by molar-refractivity contribution is 7.90. The molecule has 7 nitrogen and oxygen atoms in total. The summed E-state index contributed by atoms with van der Waals surface area (Å²) in [5.74, 6) is 0.503. The normalized spacial score (nSPS) is 20.1. The first-order chi connectivity index (χ1) is 16.3. The molecule has 1 aromatic rings. The van der Waals surface area contributed by atoms with E-state index >= 15 is 0 Å². The van der Waals surface area contributed by atoms with E-state index in [1.54, 1.807) is 0 Å². The average molecular weight is 520 g/mol. The van der Waals surface area contributed by atoms with Gasteiger partial charge in [-0.15, -0.1) is 0 Å². The van der Waals surface area contributed by atoms with Crippen molar-refractivity contribution in [2.75, 3.05) is 51.3 Å². The second kappa shape index (κ2) is 11.5. The maximum absolute atomic E-state index is 12.6. The van der Waals surface area contributed by atoms with Crippen molar-refractivity contribution in [1.29, 1.82) is 0 Å². The molecule has 0 spiro atoms. The van der Waals surface area contributed by atoms with E-state index in [1.807, 2.05) is 6.07 Å². The van der Waals surface area contributed by atoms with Crippen LogP contribution in [0.5, 0.6) is 0 Å². The van der Waals surface area contributed by atoms with Crippen molar-refractivity contribution in [3.63, 3.8) is 0 Å². The maximum atomic E-state index is 12.6. The number of hydrogen-bond acceptors (Lipinski definition) is 6. The Morgan fingerprint density at radius 3 is 2.03 bits per heavy atom. The Morgan fingerprint density at radius 1 is 1.03 bits per heavy atom. The third-order valence-corrected chi connectivity index (χ3v) is 8.04. The van der Waals surface area contributed by atoms with Crippen LogP contribution in [0, 0.1) is 12.8 Å². The van der Waals surface area contributed by atoms with E-state index in [4.69, 9.17) is 0 Å². The van der Waals surface area contributed by atoms with Crippen LogP contribution in [0.25, 0.3) is 0 Å². The van der Waals surface area contributed by atoms with Gasteiger partial charge in [0.15, 0.2) is 6.10 Å². The van der Waals surface area contributed by atoms with E-state index in [0.29, 0.717) is 32.7 Å². The van der Waals surface area contributed by atoms with Crippen LogP contribution in [0.4, 0.5) is 18.0 Å². The van der Waals surface area contributed by atoms with Crippen LogP contribution in [-0.2, 0) is 27.7 Å². The summed E-state index contributed by atoms with van der Waals surface area (Å²) in [6.45, 7) is 8.01. The number of benzene rings is 1. The van der Waals surface area contributed by atoms with E-state index in [9.17, 15) is 26.4 Å². The highest BCUT2D eigenvalue weighted by Gasteiger charge is 2.40. The number of likely N-dealkylation sites (tertiary alicyclic amines) is 1. The summed E-state index contributed by atoms with van der Waals surface area (Å²) in [6.07, 6.45) is -4.53. The largest absolute Gasteiger partial charge is 0.437 e. The predicted octanol–water partition coefficient (Wildman–Crippen LogP) is 3.46. The highest BCUT2D eigenvalue weighted by Crippen LogP contribution is 2.25. The Labute approximate surface area is 206 Å². The van der Waals surface area contributed by atoms with Gasteiger partial charge in [-0.25, -0.2) is 13.2 Å². The predicted molar refractivity (Wildman–Crippen MR) is 128 cm³/mol. The molecular weight excluding hydrogens is 483 g/mol. The summed E-state index contributed by atoms with van der Waals surface area (Å²) in [4.78, 5) is 17.9. The number of sulfone groups is 1. The van der Waals surface area contributed by atoms with Crippen molar-refractivity contribution < 1.29 is 31.1 Å². The molecule has 0 saturated carbocycles. The van der Waals surface area contributed by atoms with Gasteiger partial charge >= 0.3 is 12.3 Å². The van der Waals surface area contributed by atoms with Crippen molar-refractivity contribution in [2.24, 2.45) is 5.92 Å². The number of piperazine rings is 1. The second-order valence-corrected chi connectivity index (χ2v) is 12.0. The summed E-state index contributed by atoms with van der Waals surface area (Å²) < 4.78 is 65.6. The van der Waals surface area contributed by atoms with Gasteiger partial charge in [-0.3, -0.25) is 9.80 Å². The van der Waals surface area contributed by atoms with E-state index < -0.39 is 28.2 Å². The smallest absolute Gasteiger partial charge is 0.425 e. The molecule has 198 valence electrons. The minimum atomic E-state index is -4.56. The van der Waals surface area contributed by atoms with Crippen LogP contribution in [0.15, 0.2) is 18.2 Å². The monoisotopic (exact) mass is 519 g/mol. The van der Waals surface area contributed by atoms with E-state index in [-0.39, 0.29) is 11.7 Å².